The van der Waals surface area contributed by atoms with Gasteiger partial charge in [-0.3, -0.25) is 4.79 Å². The fourth-order valence-electron chi connectivity index (χ4n) is 1.29. The molecule has 0 aliphatic heterocycles. The molecule has 0 saturated heterocycles. The van der Waals surface area contributed by atoms with E-state index >= 15 is 0 Å². The van der Waals surface area contributed by atoms with Crippen LogP contribution in [0.25, 0.3) is 0 Å². The summed E-state index contributed by atoms with van der Waals surface area (Å²) in [5, 5.41) is 9.25. The van der Waals surface area contributed by atoms with Crippen LogP contribution in [0.3, 0.4) is 0 Å². The summed E-state index contributed by atoms with van der Waals surface area (Å²) in [7, 11) is 0. The van der Waals surface area contributed by atoms with E-state index in [-0.39, 0.29) is 6.42 Å². The Bertz CT molecular complexity index is 345. The Morgan fingerprint density at radius 2 is 2.07 bits per heavy atom. The highest BCUT2D eigenvalue weighted by molar-refractivity contribution is 6.30. The third-order valence-corrected chi connectivity index (χ3v) is 2.22. The summed E-state index contributed by atoms with van der Waals surface area (Å²) in [6, 6.07) is 5.46. The fourth-order valence-corrected chi connectivity index (χ4v) is 1.55. The van der Waals surface area contributed by atoms with E-state index in [1.54, 1.807) is 6.07 Å². The molecule has 0 atom stereocenters. The van der Waals surface area contributed by atoms with Crippen LogP contribution in [-0.2, 0) is 11.2 Å². The van der Waals surface area contributed by atoms with Crippen molar-refractivity contribution in [2.45, 2.75) is 26.2 Å². The van der Waals surface area contributed by atoms with E-state index in [1.165, 1.54) is 0 Å². The molecular weight excluding hydrogens is 200 g/mol. The molecule has 1 aromatic rings. The average molecular weight is 213 g/mol. The van der Waals surface area contributed by atoms with Gasteiger partial charge in [0.25, 0.3) is 0 Å². The Kier molecular flexibility index (Phi) is 3.53. The standard InChI is InChI=1S/C11H13ClO2/c1-7(2)9-3-8(5-11(13)14)4-10(12)6-9/h3-4,6-7H,5H2,1-2H3,(H,13,14). The van der Waals surface area contributed by atoms with Crippen LogP contribution in [0.5, 0.6) is 0 Å². The van der Waals surface area contributed by atoms with Gasteiger partial charge >= 0.3 is 5.97 Å². The van der Waals surface area contributed by atoms with Gasteiger partial charge in [0.15, 0.2) is 0 Å². The van der Waals surface area contributed by atoms with Gasteiger partial charge in [-0.1, -0.05) is 31.5 Å². The molecule has 0 unspecified atom stereocenters. The van der Waals surface area contributed by atoms with E-state index in [0.717, 1.165) is 11.1 Å². The SMILES string of the molecule is CC(C)c1cc(Cl)cc(CC(=O)O)c1. The van der Waals surface area contributed by atoms with Gasteiger partial charge in [0, 0.05) is 5.02 Å². The summed E-state index contributed by atoms with van der Waals surface area (Å²) in [4.78, 5) is 10.5. The van der Waals surface area contributed by atoms with Crippen LogP contribution in [0.1, 0.15) is 30.9 Å². The molecule has 76 valence electrons. The van der Waals surface area contributed by atoms with Gasteiger partial charge < -0.3 is 5.11 Å². The van der Waals surface area contributed by atoms with E-state index in [9.17, 15) is 4.79 Å². The molecule has 0 aliphatic carbocycles. The number of carboxylic acids is 1. The van der Waals surface area contributed by atoms with Gasteiger partial charge in [0.05, 0.1) is 6.42 Å². The Morgan fingerprint density at radius 3 is 2.57 bits per heavy atom. The maximum absolute atomic E-state index is 10.5. The molecule has 0 aliphatic rings. The summed E-state index contributed by atoms with van der Waals surface area (Å²) < 4.78 is 0. The molecular formula is C11H13ClO2. The second-order valence-electron chi connectivity index (χ2n) is 3.62. The molecule has 1 aromatic carbocycles. The Morgan fingerprint density at radius 1 is 1.43 bits per heavy atom. The Labute approximate surface area is 88.5 Å². The lowest BCUT2D eigenvalue weighted by molar-refractivity contribution is -0.136. The highest BCUT2D eigenvalue weighted by atomic mass is 35.5. The normalized spacial score (nSPS) is 10.6. The molecule has 0 amide bonds. The molecule has 0 spiro atoms. The molecule has 14 heavy (non-hydrogen) atoms. The fraction of sp³-hybridized carbons (Fsp3) is 0.364. The molecule has 0 radical (unpaired) electrons. The smallest absolute Gasteiger partial charge is 0.307 e. The molecule has 0 aromatic heterocycles. The largest absolute Gasteiger partial charge is 0.481 e. The zero-order valence-electron chi connectivity index (χ0n) is 8.25. The second-order valence-corrected chi connectivity index (χ2v) is 4.05. The minimum atomic E-state index is -0.832. The predicted octanol–water partition coefficient (Wildman–Crippen LogP) is 3.09. The first-order valence-corrected chi connectivity index (χ1v) is 4.88. The van der Waals surface area contributed by atoms with E-state index in [4.69, 9.17) is 16.7 Å². The molecule has 0 bridgehead atoms. The molecule has 0 heterocycles. The maximum atomic E-state index is 10.5. The zero-order chi connectivity index (χ0) is 10.7. The monoisotopic (exact) mass is 212 g/mol. The first kappa shape index (κ1) is 11.1. The van der Waals surface area contributed by atoms with Crippen LogP contribution in [0.4, 0.5) is 0 Å². The van der Waals surface area contributed by atoms with Crippen molar-refractivity contribution in [3.05, 3.63) is 34.3 Å². The minimum Gasteiger partial charge on any atom is -0.481 e. The Hall–Kier alpha value is -1.02. The van der Waals surface area contributed by atoms with Crippen molar-refractivity contribution in [3.63, 3.8) is 0 Å². The quantitative estimate of drug-likeness (QED) is 0.836. The number of carboxylic acid groups (broad SMARTS) is 1. The van der Waals surface area contributed by atoms with E-state index in [2.05, 4.69) is 13.8 Å². The van der Waals surface area contributed by atoms with Gasteiger partial charge in [-0.25, -0.2) is 0 Å². The van der Waals surface area contributed by atoms with E-state index in [0.29, 0.717) is 10.9 Å². The van der Waals surface area contributed by atoms with Gasteiger partial charge in [0.2, 0.25) is 0 Å². The van der Waals surface area contributed by atoms with Crippen molar-refractivity contribution in [1.29, 1.82) is 0 Å². The van der Waals surface area contributed by atoms with Crippen LogP contribution >= 0.6 is 11.6 Å². The average Bonchev–Trinajstić information content (AvgIpc) is 2.01. The molecule has 0 saturated carbocycles. The summed E-state index contributed by atoms with van der Waals surface area (Å²) in [5.41, 5.74) is 1.84. The highest BCUT2D eigenvalue weighted by Crippen LogP contribution is 2.21. The highest BCUT2D eigenvalue weighted by Gasteiger charge is 2.06. The number of aliphatic carboxylic acids is 1. The number of benzene rings is 1. The van der Waals surface area contributed by atoms with Crippen molar-refractivity contribution in [2.75, 3.05) is 0 Å². The lowest BCUT2D eigenvalue weighted by Crippen LogP contribution is -2.01. The number of hydrogen-bond acceptors (Lipinski definition) is 1. The van der Waals surface area contributed by atoms with Crippen LogP contribution in [-0.4, -0.2) is 11.1 Å². The zero-order valence-corrected chi connectivity index (χ0v) is 9.01. The van der Waals surface area contributed by atoms with E-state index < -0.39 is 5.97 Å². The van der Waals surface area contributed by atoms with Gasteiger partial charge in [0.1, 0.15) is 0 Å². The maximum Gasteiger partial charge on any atom is 0.307 e. The van der Waals surface area contributed by atoms with Crippen LogP contribution in [0.15, 0.2) is 18.2 Å². The van der Waals surface area contributed by atoms with Crippen LogP contribution in [0.2, 0.25) is 5.02 Å². The lowest BCUT2D eigenvalue weighted by atomic mass is 10.00. The third kappa shape index (κ3) is 3.04. The number of halogens is 1. The van der Waals surface area contributed by atoms with Crippen molar-refractivity contribution < 1.29 is 9.90 Å². The summed E-state index contributed by atoms with van der Waals surface area (Å²) in [6.07, 6.45) is 0.0281. The first-order chi connectivity index (χ1) is 6.49. The minimum absolute atomic E-state index is 0.0281. The predicted molar refractivity (Wildman–Crippen MR) is 56.9 cm³/mol. The molecule has 0 fully saturated rings. The second kappa shape index (κ2) is 4.47. The molecule has 2 nitrogen and oxygen atoms in total. The summed E-state index contributed by atoms with van der Waals surface area (Å²) in [6.45, 7) is 4.10. The molecule has 1 rings (SSSR count). The first-order valence-electron chi connectivity index (χ1n) is 4.50. The summed E-state index contributed by atoms with van der Waals surface area (Å²) >= 11 is 5.88. The van der Waals surface area contributed by atoms with Gasteiger partial charge in [-0.15, -0.1) is 0 Å². The number of carbonyl (C=O) groups is 1. The lowest BCUT2D eigenvalue weighted by Gasteiger charge is -2.08. The Balaban J connectivity index is 3.01. The van der Waals surface area contributed by atoms with Gasteiger partial charge in [-0.05, 0) is 29.2 Å². The van der Waals surface area contributed by atoms with Crippen molar-refractivity contribution in [3.8, 4) is 0 Å². The number of rotatable bonds is 3. The van der Waals surface area contributed by atoms with Crippen molar-refractivity contribution in [2.24, 2.45) is 0 Å². The number of hydrogen-bond donors (Lipinski definition) is 1. The summed E-state index contributed by atoms with van der Waals surface area (Å²) in [5.74, 6) is -0.469. The van der Waals surface area contributed by atoms with Crippen molar-refractivity contribution >= 4 is 17.6 Å². The van der Waals surface area contributed by atoms with Crippen molar-refractivity contribution in [1.82, 2.24) is 0 Å². The molecule has 1 N–H and O–H groups in total. The van der Waals surface area contributed by atoms with Crippen LogP contribution < -0.4 is 0 Å². The third-order valence-electron chi connectivity index (χ3n) is 2.00. The topological polar surface area (TPSA) is 37.3 Å². The van der Waals surface area contributed by atoms with Crippen LogP contribution in [0, 0.1) is 0 Å². The van der Waals surface area contributed by atoms with Gasteiger partial charge in [-0.2, -0.15) is 0 Å². The molecule has 3 heteroatoms. The van der Waals surface area contributed by atoms with E-state index in [1.807, 2.05) is 12.1 Å².